The van der Waals surface area contributed by atoms with Crippen molar-refractivity contribution in [2.75, 3.05) is 13.6 Å². The zero-order valence-electron chi connectivity index (χ0n) is 11.6. The van der Waals surface area contributed by atoms with Gasteiger partial charge >= 0.3 is 0 Å². The maximum Gasteiger partial charge on any atom is 0.0249 e. The summed E-state index contributed by atoms with van der Waals surface area (Å²) in [4.78, 5) is 2.40. The predicted octanol–water partition coefficient (Wildman–Crippen LogP) is 4.27. The molecular formula is C15H29N. The molecule has 0 saturated carbocycles. The summed E-state index contributed by atoms with van der Waals surface area (Å²) in [5.41, 5.74) is 0. The molecule has 16 heavy (non-hydrogen) atoms. The first-order valence-corrected chi connectivity index (χ1v) is 6.57. The van der Waals surface area contributed by atoms with E-state index in [-0.39, 0.29) is 0 Å². The van der Waals surface area contributed by atoms with Crippen molar-refractivity contribution in [3.8, 4) is 0 Å². The van der Waals surface area contributed by atoms with Crippen LogP contribution in [0.25, 0.3) is 0 Å². The van der Waals surface area contributed by atoms with Gasteiger partial charge in [0.1, 0.15) is 0 Å². The molecule has 0 fully saturated rings. The molecule has 0 aliphatic rings. The topological polar surface area (TPSA) is 3.24 Å². The van der Waals surface area contributed by atoms with Gasteiger partial charge in [0.2, 0.25) is 0 Å². The van der Waals surface area contributed by atoms with E-state index in [4.69, 9.17) is 0 Å². The fourth-order valence-corrected chi connectivity index (χ4v) is 1.68. The van der Waals surface area contributed by atoms with Gasteiger partial charge in [0.25, 0.3) is 0 Å². The summed E-state index contributed by atoms with van der Waals surface area (Å²) in [7, 11) is 2.19. The van der Waals surface area contributed by atoms with Crippen LogP contribution in [0.3, 0.4) is 0 Å². The third kappa shape index (κ3) is 8.72. The highest BCUT2D eigenvalue weighted by atomic mass is 15.1. The van der Waals surface area contributed by atoms with Crippen LogP contribution in [0.1, 0.15) is 46.5 Å². The molecule has 0 aromatic rings. The van der Waals surface area contributed by atoms with E-state index in [9.17, 15) is 0 Å². The first-order chi connectivity index (χ1) is 7.57. The molecule has 1 atom stereocenters. The third-order valence-corrected chi connectivity index (χ3v) is 3.01. The van der Waals surface area contributed by atoms with Crippen LogP contribution in [0.5, 0.6) is 0 Å². The Hall–Kier alpha value is -0.560. The van der Waals surface area contributed by atoms with Crippen molar-refractivity contribution >= 4 is 0 Å². The van der Waals surface area contributed by atoms with Gasteiger partial charge in [0.05, 0.1) is 0 Å². The number of hydrogen-bond donors (Lipinski definition) is 0. The number of rotatable bonds is 9. The Bertz CT molecular complexity index is 194. The molecule has 0 saturated heterocycles. The molecule has 0 aromatic carbocycles. The summed E-state index contributed by atoms with van der Waals surface area (Å²) < 4.78 is 0. The fourth-order valence-electron chi connectivity index (χ4n) is 1.68. The standard InChI is InChI=1S/C15H29N/c1-6-7-12-15(4)16(5)13-10-8-9-11-14(2)3/h6-7,12,14-15H,1,8-11,13H2,2-5H3/b12-7-. The van der Waals surface area contributed by atoms with Crippen molar-refractivity contribution < 1.29 is 0 Å². The molecule has 1 nitrogen and oxygen atoms in total. The molecule has 0 aliphatic heterocycles. The van der Waals surface area contributed by atoms with Gasteiger partial charge in [-0.05, 0) is 32.9 Å². The van der Waals surface area contributed by atoms with Crippen molar-refractivity contribution in [3.63, 3.8) is 0 Å². The Labute approximate surface area is 102 Å². The van der Waals surface area contributed by atoms with E-state index < -0.39 is 0 Å². The van der Waals surface area contributed by atoms with E-state index in [2.05, 4.69) is 45.4 Å². The quantitative estimate of drug-likeness (QED) is 0.417. The highest BCUT2D eigenvalue weighted by Gasteiger charge is 2.04. The Balaban J connectivity index is 3.52. The lowest BCUT2D eigenvalue weighted by Gasteiger charge is -2.21. The molecule has 0 radical (unpaired) electrons. The van der Waals surface area contributed by atoms with Gasteiger partial charge in [0.15, 0.2) is 0 Å². The molecule has 0 spiro atoms. The highest BCUT2D eigenvalue weighted by Crippen LogP contribution is 2.09. The zero-order chi connectivity index (χ0) is 12.4. The molecule has 0 aliphatic carbocycles. The lowest BCUT2D eigenvalue weighted by molar-refractivity contribution is 0.288. The normalized spacial score (nSPS) is 13.9. The first-order valence-electron chi connectivity index (χ1n) is 6.57. The minimum Gasteiger partial charge on any atom is -0.300 e. The lowest BCUT2D eigenvalue weighted by atomic mass is 10.1. The monoisotopic (exact) mass is 223 g/mol. The molecule has 0 aromatic heterocycles. The van der Waals surface area contributed by atoms with Gasteiger partial charge < -0.3 is 4.90 Å². The van der Waals surface area contributed by atoms with Crippen LogP contribution in [-0.2, 0) is 0 Å². The number of allylic oxidation sites excluding steroid dienone is 2. The van der Waals surface area contributed by atoms with Gasteiger partial charge in [-0.1, -0.05) is 57.9 Å². The number of likely N-dealkylation sites (N-methyl/N-ethyl adjacent to an activating group) is 1. The van der Waals surface area contributed by atoms with E-state index >= 15 is 0 Å². The van der Waals surface area contributed by atoms with Gasteiger partial charge in [0, 0.05) is 6.04 Å². The molecule has 0 bridgehead atoms. The summed E-state index contributed by atoms with van der Waals surface area (Å²) in [6, 6.07) is 0.517. The van der Waals surface area contributed by atoms with Crippen LogP contribution in [-0.4, -0.2) is 24.5 Å². The van der Waals surface area contributed by atoms with E-state index in [0.29, 0.717) is 6.04 Å². The minimum absolute atomic E-state index is 0.517. The maximum absolute atomic E-state index is 3.69. The molecule has 94 valence electrons. The predicted molar refractivity (Wildman–Crippen MR) is 74.7 cm³/mol. The third-order valence-electron chi connectivity index (χ3n) is 3.01. The van der Waals surface area contributed by atoms with Crippen molar-refractivity contribution in [2.45, 2.75) is 52.5 Å². The number of hydrogen-bond acceptors (Lipinski definition) is 1. The van der Waals surface area contributed by atoms with Crippen LogP contribution in [0.2, 0.25) is 0 Å². The van der Waals surface area contributed by atoms with Gasteiger partial charge in [-0.15, -0.1) is 0 Å². The van der Waals surface area contributed by atoms with Crippen LogP contribution in [0.15, 0.2) is 24.8 Å². The fraction of sp³-hybridized carbons (Fsp3) is 0.733. The Kier molecular flexibility index (Phi) is 9.31. The summed E-state index contributed by atoms with van der Waals surface area (Å²) in [6.07, 6.45) is 11.5. The summed E-state index contributed by atoms with van der Waals surface area (Å²) in [5, 5.41) is 0. The van der Waals surface area contributed by atoms with E-state index in [1.54, 1.807) is 0 Å². The average Bonchev–Trinajstić information content (AvgIpc) is 2.24. The van der Waals surface area contributed by atoms with Crippen molar-refractivity contribution in [1.29, 1.82) is 0 Å². The average molecular weight is 223 g/mol. The molecule has 1 heteroatoms. The Morgan fingerprint density at radius 1 is 1.12 bits per heavy atom. The van der Waals surface area contributed by atoms with E-state index in [1.165, 1.54) is 32.2 Å². The van der Waals surface area contributed by atoms with Crippen LogP contribution in [0, 0.1) is 5.92 Å². The molecule has 0 rings (SSSR count). The molecular weight excluding hydrogens is 194 g/mol. The largest absolute Gasteiger partial charge is 0.300 e. The van der Waals surface area contributed by atoms with E-state index in [0.717, 1.165) is 5.92 Å². The Morgan fingerprint density at radius 3 is 2.38 bits per heavy atom. The summed E-state index contributed by atoms with van der Waals surface area (Å²) in [5.74, 6) is 0.854. The summed E-state index contributed by atoms with van der Waals surface area (Å²) >= 11 is 0. The van der Waals surface area contributed by atoms with Crippen LogP contribution < -0.4 is 0 Å². The first kappa shape index (κ1) is 15.4. The van der Waals surface area contributed by atoms with Crippen LogP contribution >= 0.6 is 0 Å². The van der Waals surface area contributed by atoms with Crippen molar-refractivity contribution in [2.24, 2.45) is 5.92 Å². The van der Waals surface area contributed by atoms with Crippen molar-refractivity contribution in [3.05, 3.63) is 24.8 Å². The van der Waals surface area contributed by atoms with Crippen LogP contribution in [0.4, 0.5) is 0 Å². The second-order valence-corrected chi connectivity index (χ2v) is 5.08. The summed E-state index contributed by atoms with van der Waals surface area (Å²) in [6.45, 7) is 11.7. The lowest BCUT2D eigenvalue weighted by Crippen LogP contribution is -2.28. The molecule has 1 unspecified atom stereocenters. The van der Waals surface area contributed by atoms with E-state index in [1.807, 2.05) is 12.2 Å². The number of nitrogens with zero attached hydrogens (tertiary/aromatic N) is 1. The molecule has 0 heterocycles. The maximum atomic E-state index is 3.69. The van der Waals surface area contributed by atoms with Gasteiger partial charge in [-0.25, -0.2) is 0 Å². The zero-order valence-corrected chi connectivity index (χ0v) is 11.6. The highest BCUT2D eigenvalue weighted by molar-refractivity contribution is 5.01. The Morgan fingerprint density at radius 2 is 1.81 bits per heavy atom. The van der Waals surface area contributed by atoms with Gasteiger partial charge in [-0.3, -0.25) is 0 Å². The SMILES string of the molecule is C=C/C=C\C(C)N(C)CCCCCC(C)C. The molecule has 0 amide bonds. The van der Waals surface area contributed by atoms with Crippen molar-refractivity contribution in [1.82, 2.24) is 4.90 Å². The smallest absolute Gasteiger partial charge is 0.0249 e. The minimum atomic E-state index is 0.517. The second kappa shape index (κ2) is 9.65. The van der Waals surface area contributed by atoms with Gasteiger partial charge in [-0.2, -0.15) is 0 Å². The second-order valence-electron chi connectivity index (χ2n) is 5.08. The molecule has 0 N–H and O–H groups in total. The number of unbranched alkanes of at least 4 members (excludes halogenated alkanes) is 2.